The van der Waals surface area contributed by atoms with Gasteiger partial charge < -0.3 is 14.4 Å². The van der Waals surface area contributed by atoms with Gasteiger partial charge in [-0.15, -0.1) is 0 Å². The molecule has 0 radical (unpaired) electrons. The van der Waals surface area contributed by atoms with Crippen LogP contribution in [0.1, 0.15) is 104 Å². The number of amides is 1. The van der Waals surface area contributed by atoms with Crippen molar-refractivity contribution in [3.05, 3.63) is 47.0 Å². The molecule has 0 bridgehead atoms. The second-order valence-corrected chi connectivity index (χ2v) is 15.2. The molecule has 0 aromatic heterocycles. The van der Waals surface area contributed by atoms with Gasteiger partial charge in [0.2, 0.25) is 0 Å². The Kier molecular flexibility index (Phi) is 6.88. The van der Waals surface area contributed by atoms with E-state index in [1.807, 2.05) is 35.9 Å². The van der Waals surface area contributed by atoms with Gasteiger partial charge in [-0.3, -0.25) is 0 Å². The van der Waals surface area contributed by atoms with Crippen LogP contribution in [0.25, 0.3) is 0 Å². The van der Waals surface area contributed by atoms with Crippen molar-refractivity contribution in [2.24, 2.45) is 40.9 Å². The van der Waals surface area contributed by atoms with Gasteiger partial charge in [-0.2, -0.15) is 0 Å². The Morgan fingerprint density at radius 2 is 1.90 bits per heavy atom. The first-order valence-electron chi connectivity index (χ1n) is 16.6. The van der Waals surface area contributed by atoms with Crippen molar-refractivity contribution in [2.45, 2.75) is 123 Å². The quantitative estimate of drug-likeness (QED) is 0.350. The molecule has 1 aromatic rings. The number of carbonyl (C=O) groups is 1. The number of benzene rings is 1. The number of ether oxygens (including phenoxy) is 2. The molecule has 7 rings (SSSR count). The van der Waals surface area contributed by atoms with Crippen LogP contribution in [-0.2, 0) is 16.1 Å². The molecule has 2 heterocycles. The zero-order valence-corrected chi connectivity index (χ0v) is 25.4. The number of hydrogen-bond acceptors (Lipinski definition) is 3. The first-order valence-corrected chi connectivity index (χ1v) is 16.6. The number of piperidine rings is 1. The summed E-state index contributed by atoms with van der Waals surface area (Å²) in [4.78, 5) is 15.6. The van der Waals surface area contributed by atoms with Gasteiger partial charge in [0, 0.05) is 12.5 Å². The zero-order chi connectivity index (χ0) is 27.6. The van der Waals surface area contributed by atoms with Crippen LogP contribution in [0.3, 0.4) is 0 Å². The minimum atomic E-state index is -0.168. The lowest BCUT2D eigenvalue weighted by atomic mass is 9.52. The number of likely N-dealkylation sites (tertiary alicyclic amines) is 1. The average Bonchev–Trinajstić information content (AvgIpc) is 3.41. The highest BCUT2D eigenvalue weighted by atomic mass is 16.6. The van der Waals surface area contributed by atoms with Gasteiger partial charge in [0.05, 0.1) is 17.7 Å². The van der Waals surface area contributed by atoms with Crippen molar-refractivity contribution in [3.8, 4) is 0 Å². The lowest BCUT2D eigenvalue weighted by molar-refractivity contribution is -0.0800. The molecule has 4 aliphatic carbocycles. The van der Waals surface area contributed by atoms with E-state index in [4.69, 9.17) is 9.47 Å². The van der Waals surface area contributed by atoms with Gasteiger partial charge >= 0.3 is 6.09 Å². The summed E-state index contributed by atoms with van der Waals surface area (Å²) in [6, 6.07) is 10.2. The number of fused-ring (bicyclic) bond motifs is 6. The van der Waals surface area contributed by atoms with Gasteiger partial charge in [-0.1, -0.05) is 75.1 Å². The van der Waals surface area contributed by atoms with Crippen molar-refractivity contribution in [1.82, 2.24) is 4.90 Å². The van der Waals surface area contributed by atoms with E-state index in [-0.39, 0.29) is 23.8 Å². The third kappa shape index (κ3) is 4.29. The Morgan fingerprint density at radius 1 is 1.07 bits per heavy atom. The molecule has 218 valence electrons. The summed E-state index contributed by atoms with van der Waals surface area (Å²) in [5.41, 5.74) is 4.90. The molecule has 40 heavy (non-hydrogen) atoms. The van der Waals surface area contributed by atoms with Crippen LogP contribution in [0, 0.1) is 40.9 Å². The summed E-state index contributed by atoms with van der Waals surface area (Å²) in [5, 5.41) is 0. The van der Waals surface area contributed by atoms with Crippen molar-refractivity contribution < 1.29 is 14.3 Å². The van der Waals surface area contributed by atoms with Crippen LogP contribution in [0.2, 0.25) is 0 Å². The van der Waals surface area contributed by atoms with E-state index >= 15 is 0 Å². The Hall–Kier alpha value is -1.81. The van der Waals surface area contributed by atoms with E-state index in [2.05, 4.69) is 32.6 Å². The molecule has 1 aromatic carbocycles. The third-order valence-corrected chi connectivity index (χ3v) is 13.1. The fourth-order valence-electron chi connectivity index (χ4n) is 11.1. The van der Waals surface area contributed by atoms with Gasteiger partial charge in [-0.25, -0.2) is 4.79 Å². The van der Waals surface area contributed by atoms with Gasteiger partial charge in [0.1, 0.15) is 6.61 Å². The minimum Gasteiger partial charge on any atom is -0.445 e. The molecule has 3 saturated carbocycles. The summed E-state index contributed by atoms with van der Waals surface area (Å²) >= 11 is 0. The van der Waals surface area contributed by atoms with Crippen molar-refractivity contribution in [2.75, 3.05) is 6.54 Å². The van der Waals surface area contributed by atoms with Crippen LogP contribution < -0.4 is 0 Å². The first-order chi connectivity index (χ1) is 19.3. The molecule has 1 amide bonds. The van der Waals surface area contributed by atoms with Crippen molar-refractivity contribution in [1.29, 1.82) is 0 Å². The largest absolute Gasteiger partial charge is 0.445 e. The van der Waals surface area contributed by atoms with Crippen molar-refractivity contribution in [3.63, 3.8) is 0 Å². The molecule has 5 fully saturated rings. The SMILES string of the molecule is CC1=C2C[C@H]3[C@@H](CC[C@@H]4CCCC[C@@]43C)C2CC[C@@]2(C1)O[C@@H]1C[C@H](C)CN(C(=O)OCc3ccccc3)[C@H]1[C@H]2C. The second kappa shape index (κ2) is 10.2. The van der Waals surface area contributed by atoms with E-state index in [0.29, 0.717) is 23.9 Å². The minimum absolute atomic E-state index is 0.111. The van der Waals surface area contributed by atoms with E-state index in [0.717, 1.165) is 55.0 Å². The predicted octanol–water partition coefficient (Wildman–Crippen LogP) is 8.55. The monoisotopic (exact) mass is 545 g/mol. The Balaban J connectivity index is 1.11. The molecule has 1 spiro atoms. The highest BCUT2D eigenvalue weighted by molar-refractivity contribution is 5.68. The maximum Gasteiger partial charge on any atom is 0.410 e. The lowest BCUT2D eigenvalue weighted by Crippen LogP contribution is -2.54. The molecular formula is C36H51NO3. The first kappa shape index (κ1) is 27.0. The predicted molar refractivity (Wildman–Crippen MR) is 159 cm³/mol. The lowest BCUT2D eigenvalue weighted by Gasteiger charge is -2.52. The molecular weight excluding hydrogens is 494 g/mol. The number of nitrogens with zero attached hydrogens (tertiary/aromatic N) is 1. The van der Waals surface area contributed by atoms with E-state index in [1.54, 1.807) is 5.57 Å². The van der Waals surface area contributed by atoms with Crippen LogP contribution in [0.5, 0.6) is 0 Å². The maximum absolute atomic E-state index is 13.5. The molecule has 4 heteroatoms. The zero-order valence-electron chi connectivity index (χ0n) is 25.4. The third-order valence-electron chi connectivity index (χ3n) is 13.1. The van der Waals surface area contributed by atoms with Gasteiger partial charge in [0.25, 0.3) is 0 Å². The summed E-state index contributed by atoms with van der Waals surface area (Å²) in [6.45, 7) is 10.9. The molecule has 1 unspecified atom stereocenters. The fourth-order valence-corrected chi connectivity index (χ4v) is 11.1. The van der Waals surface area contributed by atoms with Gasteiger partial charge in [0.15, 0.2) is 0 Å². The standard InChI is InChI=1S/C36H51NO3/c1-23-18-32-33(37(21-23)34(38)39-22-26-10-6-5-7-11-26)25(3)36(40-32)17-15-28-29-14-13-27-12-8-9-16-35(27,4)31(29)19-30(28)24(2)20-36/h5-7,10-11,23,25,27-29,31-33H,8-9,12-22H2,1-4H3/t23-,25+,27-,28?,29-,31-,32+,33-,35-,36-/m0/s1. The Bertz CT molecular complexity index is 1150. The number of hydrogen-bond donors (Lipinski definition) is 0. The van der Waals surface area contributed by atoms with Crippen LogP contribution in [-0.4, -0.2) is 35.3 Å². The Morgan fingerprint density at radius 3 is 2.73 bits per heavy atom. The molecule has 6 aliphatic rings. The summed E-state index contributed by atoms with van der Waals surface area (Å²) in [5.74, 6) is 4.23. The Labute approximate surface area is 242 Å². The molecule has 10 atom stereocenters. The highest BCUT2D eigenvalue weighted by Gasteiger charge is 2.60. The summed E-state index contributed by atoms with van der Waals surface area (Å²) < 4.78 is 13.1. The molecule has 2 aliphatic heterocycles. The second-order valence-electron chi connectivity index (χ2n) is 15.2. The van der Waals surface area contributed by atoms with Gasteiger partial charge in [-0.05, 0) is 105 Å². The topological polar surface area (TPSA) is 38.8 Å². The summed E-state index contributed by atoms with van der Waals surface area (Å²) in [7, 11) is 0. The number of rotatable bonds is 2. The van der Waals surface area contributed by atoms with E-state index in [1.165, 1.54) is 51.4 Å². The smallest absolute Gasteiger partial charge is 0.410 e. The van der Waals surface area contributed by atoms with Crippen molar-refractivity contribution >= 4 is 6.09 Å². The maximum atomic E-state index is 13.5. The number of carbonyl (C=O) groups excluding carboxylic acids is 1. The highest BCUT2D eigenvalue weighted by Crippen LogP contribution is 2.65. The fraction of sp³-hybridized carbons (Fsp3) is 0.750. The molecule has 2 saturated heterocycles. The van der Waals surface area contributed by atoms with Crippen LogP contribution in [0.15, 0.2) is 41.5 Å². The van der Waals surface area contributed by atoms with E-state index in [9.17, 15) is 4.79 Å². The number of allylic oxidation sites excluding steroid dienone is 1. The molecule has 4 nitrogen and oxygen atoms in total. The van der Waals surface area contributed by atoms with E-state index < -0.39 is 0 Å². The van der Waals surface area contributed by atoms with Crippen LogP contribution >= 0.6 is 0 Å². The summed E-state index contributed by atoms with van der Waals surface area (Å²) in [6.07, 6.45) is 14.5. The molecule has 0 N–H and O–H groups in total. The van der Waals surface area contributed by atoms with Crippen LogP contribution in [0.4, 0.5) is 4.79 Å². The average molecular weight is 546 g/mol. The normalized spacial score (nSPS) is 44.5.